The van der Waals surface area contributed by atoms with Crippen LogP contribution >= 0.6 is 0 Å². The number of nitrogens with zero attached hydrogens (tertiary/aromatic N) is 2. The largest absolute Gasteiger partial charge is 0.493 e. The molecule has 1 atom stereocenters. The predicted molar refractivity (Wildman–Crippen MR) is 145 cm³/mol. The highest BCUT2D eigenvalue weighted by molar-refractivity contribution is 7.91. The normalized spacial score (nSPS) is 16.1. The van der Waals surface area contributed by atoms with Gasteiger partial charge in [0.05, 0.1) is 13.2 Å². The number of oxime groups is 1. The number of carbonyl (C=O) groups is 1. The lowest BCUT2D eigenvalue weighted by Crippen LogP contribution is -2.48. The molecule has 0 aromatic heterocycles. The molecule has 1 saturated heterocycles. The zero-order chi connectivity index (χ0) is 29.3. The molecule has 220 valence electrons. The standard InChI is InChI=1S/C25H34N4O9S2/c1-3-35-24(30)21-9-6-7-12-29(21)39(31,32)22-10-4-5-11-23(22)40(33,34)38-20-16-18(2)15-19(17-20)36-13-8-14-37-28-25(26)27/h4-5,10-11,15-17,21H,3,6-9,12-14H2,1-2H3,(H4,26,27,28). The van der Waals surface area contributed by atoms with Gasteiger partial charge in [-0.15, -0.1) is 0 Å². The van der Waals surface area contributed by atoms with Gasteiger partial charge in [-0.3, -0.25) is 4.79 Å². The number of guanidine groups is 1. The number of benzene rings is 2. The number of aryl methyl sites for hydroxylation is 1. The molecule has 0 spiro atoms. The van der Waals surface area contributed by atoms with Crippen LogP contribution in [0, 0.1) is 6.92 Å². The molecular formula is C25H34N4O9S2. The fraction of sp³-hybridized carbons (Fsp3) is 0.440. The molecule has 1 aliphatic heterocycles. The second-order valence-corrected chi connectivity index (χ2v) is 12.3. The number of nitrogens with two attached hydrogens (primary N) is 2. The monoisotopic (exact) mass is 598 g/mol. The lowest BCUT2D eigenvalue weighted by Gasteiger charge is -2.33. The summed E-state index contributed by atoms with van der Waals surface area (Å²) in [7, 11) is -9.03. The van der Waals surface area contributed by atoms with Crippen molar-refractivity contribution in [2.45, 2.75) is 55.4 Å². The Morgan fingerprint density at radius 2 is 1.73 bits per heavy atom. The Kier molecular flexibility index (Phi) is 10.6. The van der Waals surface area contributed by atoms with Gasteiger partial charge in [-0.1, -0.05) is 12.1 Å². The minimum atomic E-state index is -4.62. The fourth-order valence-corrected chi connectivity index (χ4v) is 7.46. The lowest BCUT2D eigenvalue weighted by atomic mass is 10.1. The Morgan fingerprint density at radius 1 is 1.02 bits per heavy atom. The van der Waals surface area contributed by atoms with Crippen molar-refractivity contribution in [3.8, 4) is 11.5 Å². The Balaban J connectivity index is 1.83. The summed E-state index contributed by atoms with van der Waals surface area (Å²) in [4.78, 5) is 16.4. The molecule has 1 aliphatic rings. The molecule has 0 saturated carbocycles. The molecule has 15 heteroatoms. The topological polar surface area (TPSA) is 190 Å². The van der Waals surface area contributed by atoms with Crippen LogP contribution in [0.3, 0.4) is 0 Å². The molecular weight excluding hydrogens is 564 g/mol. The van der Waals surface area contributed by atoms with Crippen LogP contribution in [0.2, 0.25) is 0 Å². The number of piperidine rings is 1. The van der Waals surface area contributed by atoms with Crippen LogP contribution in [0.4, 0.5) is 0 Å². The van der Waals surface area contributed by atoms with E-state index < -0.39 is 41.9 Å². The predicted octanol–water partition coefficient (Wildman–Crippen LogP) is 1.84. The van der Waals surface area contributed by atoms with E-state index in [1.54, 1.807) is 19.9 Å². The maximum absolute atomic E-state index is 13.7. The summed E-state index contributed by atoms with van der Waals surface area (Å²) < 4.78 is 71.3. The Labute approximate surface area is 234 Å². The molecule has 1 unspecified atom stereocenters. The zero-order valence-electron chi connectivity index (χ0n) is 22.3. The number of sulfonamides is 1. The van der Waals surface area contributed by atoms with Crippen LogP contribution in [0.25, 0.3) is 0 Å². The van der Waals surface area contributed by atoms with Crippen molar-refractivity contribution < 1.29 is 40.1 Å². The van der Waals surface area contributed by atoms with Crippen LogP contribution in [-0.2, 0) is 34.5 Å². The van der Waals surface area contributed by atoms with Gasteiger partial charge in [-0.2, -0.15) is 12.7 Å². The average Bonchev–Trinajstić information content (AvgIpc) is 2.90. The van der Waals surface area contributed by atoms with Gasteiger partial charge < -0.3 is 30.0 Å². The van der Waals surface area contributed by atoms with Gasteiger partial charge >= 0.3 is 16.1 Å². The smallest absolute Gasteiger partial charge is 0.340 e. The second-order valence-electron chi connectivity index (χ2n) is 8.90. The van der Waals surface area contributed by atoms with Crippen LogP contribution in [0.15, 0.2) is 57.4 Å². The van der Waals surface area contributed by atoms with Crippen LogP contribution in [0.5, 0.6) is 11.5 Å². The number of rotatable bonds is 13. The molecule has 2 aromatic carbocycles. The molecule has 40 heavy (non-hydrogen) atoms. The van der Waals surface area contributed by atoms with Gasteiger partial charge in [0.1, 0.15) is 33.9 Å². The summed E-state index contributed by atoms with van der Waals surface area (Å²) in [5.74, 6) is -0.607. The second kappa shape index (κ2) is 13.7. The third-order valence-electron chi connectivity index (χ3n) is 5.77. The molecule has 13 nitrogen and oxygen atoms in total. The van der Waals surface area contributed by atoms with Crippen molar-refractivity contribution in [1.29, 1.82) is 0 Å². The lowest BCUT2D eigenvalue weighted by molar-refractivity contribution is -0.148. The highest BCUT2D eigenvalue weighted by Crippen LogP contribution is 2.32. The van der Waals surface area contributed by atoms with E-state index in [0.29, 0.717) is 30.6 Å². The molecule has 0 radical (unpaired) electrons. The number of ether oxygens (including phenoxy) is 2. The number of hydrogen-bond acceptors (Lipinski definition) is 10. The summed E-state index contributed by atoms with van der Waals surface area (Å²) in [6.07, 6.45) is 1.87. The first-order valence-electron chi connectivity index (χ1n) is 12.6. The molecule has 3 rings (SSSR count). The van der Waals surface area contributed by atoms with Crippen LogP contribution < -0.4 is 20.4 Å². The van der Waals surface area contributed by atoms with Gasteiger partial charge in [0.15, 0.2) is 0 Å². The Morgan fingerprint density at radius 3 is 2.42 bits per heavy atom. The SMILES string of the molecule is CCOC(=O)C1CCCCN1S(=O)(=O)c1ccccc1S(=O)(=O)Oc1cc(C)cc(OCCCON=C(N)N)c1. The maximum atomic E-state index is 13.7. The first-order chi connectivity index (χ1) is 19.0. The van der Waals surface area contributed by atoms with Gasteiger partial charge in [-0.05, 0) is 68.1 Å². The minimum absolute atomic E-state index is 0.0522. The summed E-state index contributed by atoms with van der Waals surface area (Å²) >= 11 is 0. The third kappa shape index (κ3) is 7.99. The Bertz CT molecular complexity index is 1430. The van der Waals surface area contributed by atoms with Gasteiger partial charge in [0, 0.05) is 19.0 Å². The van der Waals surface area contributed by atoms with E-state index in [2.05, 4.69) is 5.16 Å². The minimum Gasteiger partial charge on any atom is -0.493 e. The first-order valence-corrected chi connectivity index (χ1v) is 15.5. The third-order valence-corrected chi connectivity index (χ3v) is 9.17. The highest BCUT2D eigenvalue weighted by Gasteiger charge is 2.41. The Hall–Kier alpha value is -3.56. The van der Waals surface area contributed by atoms with Crippen molar-refractivity contribution in [3.05, 3.63) is 48.0 Å². The number of carbonyl (C=O) groups excluding carboxylic acids is 1. The first kappa shape index (κ1) is 31.0. The molecule has 0 amide bonds. The average molecular weight is 599 g/mol. The quantitative estimate of drug-likeness (QED) is 0.0854. The zero-order valence-corrected chi connectivity index (χ0v) is 23.9. The number of esters is 1. The van der Waals surface area contributed by atoms with Gasteiger partial charge in [0.2, 0.25) is 16.0 Å². The highest BCUT2D eigenvalue weighted by atomic mass is 32.2. The summed E-state index contributed by atoms with van der Waals surface area (Å²) in [6.45, 7) is 3.91. The van der Waals surface area contributed by atoms with E-state index in [-0.39, 0.29) is 44.5 Å². The van der Waals surface area contributed by atoms with E-state index >= 15 is 0 Å². The molecule has 2 aromatic rings. The van der Waals surface area contributed by atoms with E-state index in [1.807, 2.05) is 0 Å². The van der Waals surface area contributed by atoms with Crippen LogP contribution in [-0.4, -0.2) is 65.5 Å². The van der Waals surface area contributed by atoms with Crippen molar-refractivity contribution in [1.82, 2.24) is 4.31 Å². The fourth-order valence-electron chi connectivity index (χ4n) is 4.11. The van der Waals surface area contributed by atoms with E-state index in [1.165, 1.54) is 30.3 Å². The van der Waals surface area contributed by atoms with Gasteiger partial charge in [0.25, 0.3) is 0 Å². The molecule has 4 N–H and O–H groups in total. The maximum Gasteiger partial charge on any atom is 0.340 e. The molecule has 0 bridgehead atoms. The summed E-state index contributed by atoms with van der Waals surface area (Å²) in [5, 5.41) is 3.40. The summed E-state index contributed by atoms with van der Waals surface area (Å²) in [5.41, 5.74) is 11.0. The molecule has 0 aliphatic carbocycles. The number of hydrogen-bond donors (Lipinski definition) is 2. The molecule has 1 fully saturated rings. The van der Waals surface area contributed by atoms with Crippen molar-refractivity contribution in [2.75, 3.05) is 26.4 Å². The van der Waals surface area contributed by atoms with Crippen LogP contribution in [0.1, 0.15) is 38.2 Å². The van der Waals surface area contributed by atoms with Gasteiger partial charge in [-0.25, -0.2) is 8.42 Å². The van der Waals surface area contributed by atoms with E-state index in [9.17, 15) is 21.6 Å². The summed E-state index contributed by atoms with van der Waals surface area (Å²) in [6, 6.07) is 8.61. The van der Waals surface area contributed by atoms with Crippen molar-refractivity contribution >= 4 is 32.1 Å². The van der Waals surface area contributed by atoms with E-state index in [0.717, 1.165) is 10.4 Å². The van der Waals surface area contributed by atoms with Crippen molar-refractivity contribution in [3.63, 3.8) is 0 Å². The van der Waals surface area contributed by atoms with Crippen molar-refractivity contribution in [2.24, 2.45) is 16.6 Å². The molecule has 1 heterocycles. The van der Waals surface area contributed by atoms with E-state index in [4.69, 9.17) is 30.0 Å².